The Labute approximate surface area is 334 Å². The second-order valence-electron chi connectivity index (χ2n) is 16.5. The molecule has 285 valence electrons. The first-order valence-electron chi connectivity index (χ1n) is 19.1. The van der Waals surface area contributed by atoms with Crippen LogP contribution in [-0.2, 0) is 36.7 Å². The molecule has 0 saturated carbocycles. The van der Waals surface area contributed by atoms with Crippen LogP contribution in [0.25, 0.3) is 54.1 Å². The summed E-state index contributed by atoms with van der Waals surface area (Å²) in [5.41, 5.74) is 5.82. The first kappa shape index (κ1) is 42.4. The van der Waals surface area contributed by atoms with E-state index in [1.807, 2.05) is 59.1 Å². The Hall–Kier alpha value is -3.31. The number of aromatic nitrogens is 1. The van der Waals surface area contributed by atoms with Crippen molar-refractivity contribution in [2.24, 2.45) is 16.7 Å². The maximum atomic E-state index is 12.2. The van der Waals surface area contributed by atoms with E-state index in [2.05, 4.69) is 96.1 Å². The number of thiophene rings is 1. The molecule has 6 heteroatoms. The van der Waals surface area contributed by atoms with Crippen molar-refractivity contribution in [3.05, 3.63) is 88.6 Å². The first-order valence-corrected chi connectivity index (χ1v) is 20.0. The van der Waals surface area contributed by atoms with Crippen LogP contribution < -0.4 is 0 Å². The Morgan fingerprint density at radius 2 is 1.47 bits per heavy atom. The number of aliphatic hydroxyl groups excluding tert-OH is 1. The molecule has 0 aliphatic carbocycles. The van der Waals surface area contributed by atoms with Gasteiger partial charge in [-0.05, 0) is 73.4 Å². The van der Waals surface area contributed by atoms with Gasteiger partial charge in [-0.25, -0.2) is 0 Å². The van der Waals surface area contributed by atoms with Gasteiger partial charge < -0.3 is 9.52 Å². The van der Waals surface area contributed by atoms with Crippen molar-refractivity contribution in [1.82, 2.24) is 4.98 Å². The van der Waals surface area contributed by atoms with E-state index < -0.39 is 0 Å². The molecule has 0 atom stereocenters. The van der Waals surface area contributed by atoms with E-state index in [1.165, 1.54) is 37.6 Å². The number of fused-ring (bicyclic) bond motifs is 6. The summed E-state index contributed by atoms with van der Waals surface area (Å²) in [7, 11) is 0. The molecule has 3 heterocycles. The van der Waals surface area contributed by atoms with Gasteiger partial charge in [0.05, 0.1) is 4.70 Å². The predicted molar refractivity (Wildman–Crippen MR) is 224 cm³/mol. The van der Waals surface area contributed by atoms with Gasteiger partial charge in [0.1, 0.15) is 11.3 Å². The van der Waals surface area contributed by atoms with Crippen LogP contribution in [0.3, 0.4) is 0 Å². The van der Waals surface area contributed by atoms with Crippen LogP contribution in [0.5, 0.6) is 0 Å². The average molecular weight is 909 g/mol. The summed E-state index contributed by atoms with van der Waals surface area (Å²) in [5.74, 6) is 0.905. The van der Waals surface area contributed by atoms with Gasteiger partial charge in [0.2, 0.25) is 0 Å². The summed E-state index contributed by atoms with van der Waals surface area (Å²) in [5, 5.41) is 16.1. The molecule has 0 fully saturated rings. The fourth-order valence-corrected chi connectivity index (χ4v) is 8.17. The van der Waals surface area contributed by atoms with E-state index in [0.717, 1.165) is 70.7 Å². The van der Waals surface area contributed by atoms with Crippen molar-refractivity contribution < 1.29 is 34.4 Å². The molecule has 0 amide bonds. The van der Waals surface area contributed by atoms with Gasteiger partial charge >= 0.3 is 0 Å². The molecule has 0 aliphatic rings. The number of pyridine rings is 1. The van der Waals surface area contributed by atoms with E-state index in [-0.39, 0.29) is 47.9 Å². The Morgan fingerprint density at radius 1 is 0.868 bits per heavy atom. The zero-order valence-corrected chi connectivity index (χ0v) is 37.1. The van der Waals surface area contributed by atoms with Crippen molar-refractivity contribution in [3.8, 4) is 11.3 Å². The number of allylic oxidation sites excluding steroid dienone is 2. The zero-order valence-electron chi connectivity index (χ0n) is 33.8. The van der Waals surface area contributed by atoms with E-state index in [1.54, 1.807) is 0 Å². The smallest absolute Gasteiger partial charge is 0.164 e. The normalized spacial score (nSPS) is 12.8. The van der Waals surface area contributed by atoms with E-state index in [9.17, 15) is 9.90 Å². The quantitative estimate of drug-likeness (QED) is 0.0845. The topological polar surface area (TPSA) is 63.3 Å². The van der Waals surface area contributed by atoms with Crippen LogP contribution in [0.15, 0.2) is 71.0 Å². The number of furan rings is 1. The zero-order chi connectivity index (χ0) is 38.2. The minimum absolute atomic E-state index is 0. The Kier molecular flexibility index (Phi) is 13.3. The second-order valence-corrected chi connectivity index (χ2v) is 17.7. The van der Waals surface area contributed by atoms with E-state index >= 15 is 0 Å². The van der Waals surface area contributed by atoms with Crippen molar-refractivity contribution in [3.63, 3.8) is 0 Å². The SMILES string of the molecule is CCC(C)(CC)C(=O)/C=C(\O)C(C)(CC)CC.Cc1sc2c(ccc3c4ccnc(-c5[c-]c6ccccc6c(C(C)(C)C)c5)c4oc32)c1CC(C)C.[Ir]. The summed E-state index contributed by atoms with van der Waals surface area (Å²) in [6, 6.07) is 21.0. The Bertz CT molecular complexity index is 2260. The molecule has 0 saturated heterocycles. The average Bonchev–Trinajstić information content (AvgIpc) is 3.66. The van der Waals surface area contributed by atoms with Crippen LogP contribution in [0.2, 0.25) is 0 Å². The van der Waals surface area contributed by atoms with Gasteiger partial charge in [0.15, 0.2) is 11.4 Å². The summed E-state index contributed by atoms with van der Waals surface area (Å²) in [6.07, 6.45) is 7.75. The standard InChI is InChI=1S/C32H30NOS.C15H28O2.Ir/c1-18(2)15-26-19(3)35-31-25(26)12-11-23-24-13-14-33-28(29(24)34-30(23)31)21-16-20-9-7-8-10-22(20)27(17-21)32(4,5)6;1-7-14(5,8-2)12(16)11-13(17)15(6,9-3)10-4;/h7-14,17-18H,15H2,1-6H3;11,16H,7-10H2,1-6H3;/q-1;;/b;12-11-;. The number of nitrogens with zero attached hydrogens (tertiary/aromatic N) is 1. The number of carbonyl (C=O) groups is 1. The minimum Gasteiger partial charge on any atom is -0.512 e. The van der Waals surface area contributed by atoms with Crippen molar-refractivity contribution >= 4 is 59.9 Å². The number of hydrogen-bond acceptors (Lipinski definition) is 5. The van der Waals surface area contributed by atoms with Crippen LogP contribution in [0, 0.1) is 29.7 Å². The van der Waals surface area contributed by atoms with Crippen LogP contribution >= 0.6 is 11.3 Å². The summed E-state index contributed by atoms with van der Waals surface area (Å²) in [6.45, 7) is 25.7. The van der Waals surface area contributed by atoms with Gasteiger partial charge in [0.25, 0.3) is 0 Å². The Balaban J connectivity index is 0.000000299. The van der Waals surface area contributed by atoms with Gasteiger partial charge in [-0.2, -0.15) is 0 Å². The van der Waals surface area contributed by atoms with Crippen LogP contribution in [0.1, 0.15) is 118 Å². The van der Waals surface area contributed by atoms with Crippen molar-refractivity contribution in [2.45, 2.75) is 121 Å². The molecule has 1 N–H and O–H groups in total. The molecule has 53 heavy (non-hydrogen) atoms. The second kappa shape index (κ2) is 16.6. The molecular weight excluding hydrogens is 851 g/mol. The van der Waals surface area contributed by atoms with Gasteiger partial charge in [-0.3, -0.25) is 9.78 Å². The molecule has 1 radical (unpaired) electrons. The minimum atomic E-state index is -0.337. The number of hydrogen-bond donors (Lipinski definition) is 1. The maximum Gasteiger partial charge on any atom is 0.164 e. The molecule has 4 nitrogen and oxygen atoms in total. The number of ketones is 1. The molecule has 0 unspecified atom stereocenters. The molecule has 0 bridgehead atoms. The molecule has 0 spiro atoms. The molecule has 6 aromatic rings. The third kappa shape index (κ3) is 8.36. The molecule has 0 aliphatic heterocycles. The monoisotopic (exact) mass is 909 g/mol. The molecular formula is C47H58IrNO3S-. The Morgan fingerprint density at radius 3 is 2.08 bits per heavy atom. The number of rotatable bonds is 10. The number of aliphatic hydroxyl groups is 1. The van der Waals surface area contributed by atoms with Gasteiger partial charge in [-0.15, -0.1) is 40.5 Å². The fraction of sp³-hybridized carbons (Fsp3) is 0.447. The molecule has 3 aromatic carbocycles. The van der Waals surface area contributed by atoms with E-state index in [4.69, 9.17) is 9.40 Å². The maximum absolute atomic E-state index is 12.2. The van der Waals surface area contributed by atoms with Crippen LogP contribution in [0.4, 0.5) is 0 Å². The summed E-state index contributed by atoms with van der Waals surface area (Å²) >= 11 is 1.85. The molecule has 3 aromatic heterocycles. The number of aryl methyl sites for hydroxylation is 1. The summed E-state index contributed by atoms with van der Waals surface area (Å²) < 4.78 is 7.94. The largest absolute Gasteiger partial charge is 0.512 e. The van der Waals surface area contributed by atoms with E-state index in [0.29, 0.717) is 5.92 Å². The number of benzene rings is 3. The fourth-order valence-electron chi connectivity index (χ4n) is 7.00. The predicted octanol–water partition coefficient (Wildman–Crippen LogP) is 14.3. The first-order chi connectivity index (χ1) is 24.5. The van der Waals surface area contributed by atoms with Crippen molar-refractivity contribution in [1.29, 1.82) is 0 Å². The third-order valence-corrected chi connectivity index (χ3v) is 12.7. The number of carbonyl (C=O) groups excluding carboxylic acids is 1. The van der Waals surface area contributed by atoms with Crippen LogP contribution in [-0.4, -0.2) is 15.9 Å². The third-order valence-electron chi connectivity index (χ3n) is 11.6. The molecule has 6 rings (SSSR count). The van der Waals surface area contributed by atoms with Gasteiger partial charge in [-0.1, -0.05) is 111 Å². The van der Waals surface area contributed by atoms with Crippen molar-refractivity contribution in [2.75, 3.05) is 0 Å². The summed E-state index contributed by atoms with van der Waals surface area (Å²) in [4.78, 5) is 18.4. The van der Waals surface area contributed by atoms with Gasteiger partial charge in [0, 0.05) is 64.6 Å².